The molecular weight excluding hydrogens is 122 g/mol. The molecule has 0 rings (SSSR count). The van der Waals surface area contributed by atoms with Crippen LogP contribution in [0.3, 0.4) is 0 Å². The van der Waals surface area contributed by atoms with E-state index >= 15 is 0 Å². The zero-order valence-corrected chi connectivity index (χ0v) is 5.53. The second kappa shape index (κ2) is 6.90. The topological polar surface area (TPSA) is 89.2 Å². The van der Waals surface area contributed by atoms with Crippen LogP contribution in [0.1, 0.15) is 6.92 Å². The fourth-order valence-electron chi connectivity index (χ4n) is 0.251. The minimum absolute atomic E-state index is 0. The number of rotatable bonds is 2. The van der Waals surface area contributed by atoms with E-state index in [0.29, 0.717) is 5.71 Å². The second-order valence-corrected chi connectivity index (χ2v) is 1.16. The molecule has 0 spiro atoms. The first-order chi connectivity index (χ1) is 3.81. The smallest absolute Gasteiger partial charge is 0.106 e. The lowest BCUT2D eigenvalue weighted by atomic mass is 10.5. The predicted octanol–water partition coefficient (Wildman–Crippen LogP) is 0.631. The summed E-state index contributed by atoms with van der Waals surface area (Å²) in [7, 11) is 1.43. The Morgan fingerprint density at radius 3 is 2.56 bits per heavy atom. The molecular formula is C4H11N3O2. The van der Waals surface area contributed by atoms with Gasteiger partial charge in [-0.3, -0.25) is 0 Å². The molecule has 0 fully saturated rings. The quantitative estimate of drug-likeness (QED) is 0.329. The van der Waals surface area contributed by atoms with Crippen molar-refractivity contribution in [2.75, 3.05) is 7.11 Å². The first-order valence-corrected chi connectivity index (χ1v) is 2.06. The molecule has 54 valence electrons. The lowest BCUT2D eigenvalue weighted by Crippen LogP contribution is -1.91. The molecule has 0 saturated heterocycles. The molecule has 0 aliphatic heterocycles. The first-order valence-electron chi connectivity index (χ1n) is 2.06. The molecule has 0 aliphatic carbocycles. The van der Waals surface area contributed by atoms with E-state index in [0.717, 1.165) is 0 Å². The molecule has 0 aromatic rings. The van der Waals surface area contributed by atoms with Crippen LogP contribution < -0.4 is 6.15 Å². The molecule has 0 aromatic carbocycles. The van der Waals surface area contributed by atoms with Gasteiger partial charge in [0.05, 0.1) is 11.9 Å². The predicted molar refractivity (Wildman–Crippen MR) is 35.4 cm³/mol. The van der Waals surface area contributed by atoms with Gasteiger partial charge in [-0.25, -0.2) is 0 Å². The van der Waals surface area contributed by atoms with E-state index < -0.39 is 0 Å². The van der Waals surface area contributed by atoms with E-state index in [9.17, 15) is 0 Å². The normalized spacial score (nSPS) is 11.1. The minimum atomic E-state index is 0. The fraction of sp³-hybridized carbons (Fsp3) is 0.500. The zero-order chi connectivity index (χ0) is 6.41. The Kier molecular flexibility index (Phi) is 8.28. The summed E-state index contributed by atoms with van der Waals surface area (Å²) in [6.45, 7) is 1.66. The van der Waals surface area contributed by atoms with Gasteiger partial charge in [0.15, 0.2) is 0 Å². The standard InChI is InChI=1S/C4H8N2O2.H3N/c1-4(3-5-7)6-8-2;/h3,7H,1-2H3;1H3. The Labute approximate surface area is 53.6 Å². The van der Waals surface area contributed by atoms with Crippen molar-refractivity contribution >= 4 is 11.9 Å². The molecule has 0 saturated carbocycles. The van der Waals surface area contributed by atoms with Crippen LogP contribution in [0.4, 0.5) is 0 Å². The Morgan fingerprint density at radius 2 is 2.22 bits per heavy atom. The average molecular weight is 133 g/mol. The van der Waals surface area contributed by atoms with Crippen molar-refractivity contribution < 1.29 is 10.0 Å². The van der Waals surface area contributed by atoms with Crippen LogP contribution in [0.15, 0.2) is 10.3 Å². The Morgan fingerprint density at radius 1 is 1.67 bits per heavy atom. The molecule has 5 heteroatoms. The lowest BCUT2D eigenvalue weighted by molar-refractivity contribution is 0.214. The third-order valence-electron chi connectivity index (χ3n) is 0.480. The molecule has 9 heavy (non-hydrogen) atoms. The number of nitrogens with zero attached hydrogens (tertiary/aromatic N) is 2. The van der Waals surface area contributed by atoms with Crippen molar-refractivity contribution in [3.63, 3.8) is 0 Å². The van der Waals surface area contributed by atoms with Crippen LogP contribution >= 0.6 is 0 Å². The van der Waals surface area contributed by atoms with Gasteiger partial charge in [0.2, 0.25) is 0 Å². The highest BCUT2D eigenvalue weighted by molar-refractivity contribution is 6.29. The van der Waals surface area contributed by atoms with Crippen LogP contribution in [0.2, 0.25) is 0 Å². The van der Waals surface area contributed by atoms with Crippen molar-refractivity contribution in [2.24, 2.45) is 10.3 Å². The van der Waals surface area contributed by atoms with Crippen LogP contribution in [0.5, 0.6) is 0 Å². The van der Waals surface area contributed by atoms with E-state index in [4.69, 9.17) is 5.21 Å². The van der Waals surface area contributed by atoms with Gasteiger partial charge in [0.1, 0.15) is 7.11 Å². The molecule has 0 unspecified atom stereocenters. The van der Waals surface area contributed by atoms with E-state index in [2.05, 4.69) is 15.1 Å². The molecule has 0 amide bonds. The number of hydrogen-bond acceptors (Lipinski definition) is 5. The maximum atomic E-state index is 7.90. The number of oxime groups is 2. The molecule has 0 atom stereocenters. The summed E-state index contributed by atoms with van der Waals surface area (Å²) in [4.78, 5) is 4.34. The first kappa shape index (κ1) is 10.8. The molecule has 0 bridgehead atoms. The molecule has 0 radical (unpaired) electrons. The van der Waals surface area contributed by atoms with Gasteiger partial charge in [-0.1, -0.05) is 10.3 Å². The van der Waals surface area contributed by atoms with Gasteiger partial charge in [0, 0.05) is 0 Å². The summed E-state index contributed by atoms with van der Waals surface area (Å²) < 4.78 is 0. The Hall–Kier alpha value is -1.10. The van der Waals surface area contributed by atoms with Crippen molar-refractivity contribution in [3.05, 3.63) is 0 Å². The molecule has 0 aromatic heterocycles. The molecule has 5 nitrogen and oxygen atoms in total. The van der Waals surface area contributed by atoms with E-state index in [-0.39, 0.29) is 6.15 Å². The second-order valence-electron chi connectivity index (χ2n) is 1.16. The lowest BCUT2D eigenvalue weighted by Gasteiger charge is -1.85. The highest BCUT2D eigenvalue weighted by Gasteiger charge is 1.79. The summed E-state index contributed by atoms with van der Waals surface area (Å²) in [5.41, 5.74) is 0.523. The van der Waals surface area contributed by atoms with Crippen molar-refractivity contribution in [1.29, 1.82) is 0 Å². The van der Waals surface area contributed by atoms with Gasteiger partial charge in [0.25, 0.3) is 0 Å². The molecule has 0 aliphatic rings. The van der Waals surface area contributed by atoms with Gasteiger partial charge in [-0.15, -0.1) is 0 Å². The summed E-state index contributed by atoms with van der Waals surface area (Å²) in [6.07, 6.45) is 1.18. The van der Waals surface area contributed by atoms with Crippen LogP contribution in [-0.2, 0) is 4.84 Å². The highest BCUT2D eigenvalue weighted by Crippen LogP contribution is 1.71. The molecule has 0 heterocycles. The van der Waals surface area contributed by atoms with Crippen LogP contribution in [0.25, 0.3) is 0 Å². The van der Waals surface area contributed by atoms with Crippen LogP contribution in [0, 0.1) is 0 Å². The van der Waals surface area contributed by atoms with Crippen molar-refractivity contribution in [1.82, 2.24) is 6.15 Å². The van der Waals surface area contributed by atoms with Crippen molar-refractivity contribution in [2.45, 2.75) is 6.92 Å². The monoisotopic (exact) mass is 133 g/mol. The fourth-order valence-corrected chi connectivity index (χ4v) is 0.251. The van der Waals surface area contributed by atoms with Crippen LogP contribution in [-0.4, -0.2) is 24.2 Å². The Bertz CT molecular complexity index is 110. The third-order valence-corrected chi connectivity index (χ3v) is 0.480. The van der Waals surface area contributed by atoms with Gasteiger partial charge in [-0.05, 0) is 6.92 Å². The van der Waals surface area contributed by atoms with Gasteiger partial charge < -0.3 is 16.2 Å². The summed E-state index contributed by atoms with van der Waals surface area (Å²) >= 11 is 0. The summed E-state index contributed by atoms with van der Waals surface area (Å²) in [6, 6.07) is 0. The van der Waals surface area contributed by atoms with E-state index in [1.165, 1.54) is 13.3 Å². The Balaban J connectivity index is 0. The summed E-state index contributed by atoms with van der Waals surface area (Å²) in [5.74, 6) is 0. The SMILES string of the molecule is CON=C(C)C=NO.N. The van der Waals surface area contributed by atoms with Gasteiger partial charge >= 0.3 is 0 Å². The highest BCUT2D eigenvalue weighted by atomic mass is 16.6. The zero-order valence-electron chi connectivity index (χ0n) is 5.53. The summed E-state index contributed by atoms with van der Waals surface area (Å²) in [5, 5.41) is 14.0. The van der Waals surface area contributed by atoms with Crippen molar-refractivity contribution in [3.8, 4) is 0 Å². The maximum Gasteiger partial charge on any atom is 0.106 e. The number of hydrogen-bond donors (Lipinski definition) is 2. The average Bonchev–Trinajstić information content (AvgIpc) is 1.68. The van der Waals surface area contributed by atoms with E-state index in [1.54, 1.807) is 6.92 Å². The minimum Gasteiger partial charge on any atom is -0.411 e. The third kappa shape index (κ3) is 6.90. The molecule has 4 N–H and O–H groups in total. The largest absolute Gasteiger partial charge is 0.411 e. The van der Waals surface area contributed by atoms with E-state index in [1.807, 2.05) is 0 Å². The van der Waals surface area contributed by atoms with Gasteiger partial charge in [-0.2, -0.15) is 0 Å². The maximum absolute atomic E-state index is 7.90.